The number of halogens is 1. The molecule has 17 heavy (non-hydrogen) atoms. The topological polar surface area (TPSA) is 37.8 Å². The third kappa shape index (κ3) is 3.03. The van der Waals surface area contributed by atoms with E-state index in [0.29, 0.717) is 0 Å². The first-order valence-electron chi connectivity index (χ1n) is 5.46. The van der Waals surface area contributed by atoms with Crippen molar-refractivity contribution in [2.45, 2.75) is 19.9 Å². The zero-order valence-electron chi connectivity index (χ0n) is 9.81. The van der Waals surface area contributed by atoms with Gasteiger partial charge in [0.25, 0.3) is 0 Å². The van der Waals surface area contributed by atoms with Crippen LogP contribution >= 0.6 is 15.9 Å². The van der Waals surface area contributed by atoms with E-state index in [1.54, 1.807) is 12.4 Å². The van der Waals surface area contributed by atoms with Crippen LogP contribution in [0, 0.1) is 6.92 Å². The number of aryl methyl sites for hydroxylation is 1. The van der Waals surface area contributed by atoms with E-state index in [0.717, 1.165) is 21.5 Å². The van der Waals surface area contributed by atoms with Gasteiger partial charge in [0.15, 0.2) is 0 Å². The number of rotatable bonds is 3. The monoisotopic (exact) mass is 291 g/mol. The third-order valence-corrected chi connectivity index (χ3v) is 3.09. The van der Waals surface area contributed by atoms with Crippen LogP contribution in [0.15, 0.2) is 41.1 Å². The SMILES string of the molecule is Cc1nccnc1C(C)Nc1ccc(Br)cc1. The zero-order chi connectivity index (χ0) is 12.3. The molecule has 2 aromatic rings. The van der Waals surface area contributed by atoms with Crippen LogP contribution in [0.25, 0.3) is 0 Å². The van der Waals surface area contributed by atoms with Gasteiger partial charge in [-0.05, 0) is 38.1 Å². The molecule has 0 aliphatic rings. The molecule has 1 heterocycles. The second kappa shape index (κ2) is 5.27. The summed E-state index contributed by atoms with van der Waals surface area (Å²) in [4.78, 5) is 8.60. The lowest BCUT2D eigenvalue weighted by Crippen LogP contribution is -2.10. The molecule has 0 aliphatic carbocycles. The van der Waals surface area contributed by atoms with Crippen molar-refractivity contribution in [3.63, 3.8) is 0 Å². The highest BCUT2D eigenvalue weighted by Crippen LogP contribution is 2.20. The van der Waals surface area contributed by atoms with Crippen molar-refractivity contribution >= 4 is 21.6 Å². The Bertz CT molecular complexity index is 496. The fourth-order valence-corrected chi connectivity index (χ4v) is 1.97. The highest BCUT2D eigenvalue weighted by Gasteiger charge is 2.09. The van der Waals surface area contributed by atoms with E-state index in [-0.39, 0.29) is 6.04 Å². The molecule has 3 nitrogen and oxygen atoms in total. The van der Waals surface area contributed by atoms with Gasteiger partial charge in [-0.25, -0.2) is 0 Å². The van der Waals surface area contributed by atoms with Crippen molar-refractivity contribution in [3.05, 3.63) is 52.5 Å². The Hall–Kier alpha value is -1.42. The van der Waals surface area contributed by atoms with Gasteiger partial charge in [-0.1, -0.05) is 15.9 Å². The molecule has 0 spiro atoms. The first-order chi connectivity index (χ1) is 8.16. The fraction of sp³-hybridized carbons (Fsp3) is 0.231. The first kappa shape index (κ1) is 12.0. The molecule has 0 amide bonds. The smallest absolute Gasteiger partial charge is 0.0835 e. The highest BCUT2D eigenvalue weighted by molar-refractivity contribution is 9.10. The van der Waals surface area contributed by atoms with Crippen molar-refractivity contribution in [3.8, 4) is 0 Å². The standard InChI is InChI=1S/C13H14BrN3/c1-9-13(16-8-7-15-9)10(2)17-12-5-3-11(14)4-6-12/h3-8,10,17H,1-2H3. The lowest BCUT2D eigenvalue weighted by molar-refractivity contribution is 0.810. The third-order valence-electron chi connectivity index (χ3n) is 2.56. The molecular formula is C13H14BrN3. The number of aromatic nitrogens is 2. The molecule has 0 radical (unpaired) electrons. The second-order valence-corrected chi connectivity index (χ2v) is 4.82. The summed E-state index contributed by atoms with van der Waals surface area (Å²) in [6.45, 7) is 4.06. The molecule has 1 unspecified atom stereocenters. The van der Waals surface area contributed by atoms with Gasteiger partial charge in [0.05, 0.1) is 17.4 Å². The average Bonchev–Trinajstić information content (AvgIpc) is 2.32. The first-order valence-corrected chi connectivity index (χ1v) is 6.25. The molecule has 0 saturated heterocycles. The summed E-state index contributed by atoms with van der Waals surface area (Å²) in [7, 11) is 0. The van der Waals surface area contributed by atoms with Crippen molar-refractivity contribution in [2.75, 3.05) is 5.32 Å². The van der Waals surface area contributed by atoms with Crippen molar-refractivity contribution in [1.82, 2.24) is 9.97 Å². The van der Waals surface area contributed by atoms with Gasteiger partial charge in [-0.15, -0.1) is 0 Å². The maximum absolute atomic E-state index is 4.36. The van der Waals surface area contributed by atoms with E-state index in [2.05, 4.69) is 38.1 Å². The number of nitrogens with one attached hydrogen (secondary N) is 1. The predicted octanol–water partition coefficient (Wildman–Crippen LogP) is 3.72. The fourth-order valence-electron chi connectivity index (χ4n) is 1.71. The van der Waals surface area contributed by atoms with Gasteiger partial charge < -0.3 is 5.32 Å². The van der Waals surface area contributed by atoms with Crippen LogP contribution < -0.4 is 5.32 Å². The highest BCUT2D eigenvalue weighted by atomic mass is 79.9. The Morgan fingerprint density at radius 3 is 2.41 bits per heavy atom. The quantitative estimate of drug-likeness (QED) is 0.937. The maximum Gasteiger partial charge on any atom is 0.0835 e. The van der Waals surface area contributed by atoms with Crippen LogP contribution in [0.4, 0.5) is 5.69 Å². The van der Waals surface area contributed by atoms with Crippen LogP contribution in [0.3, 0.4) is 0 Å². The number of nitrogens with zero attached hydrogens (tertiary/aromatic N) is 2. The number of anilines is 1. The number of benzene rings is 1. The van der Waals surface area contributed by atoms with Gasteiger partial charge in [0, 0.05) is 22.6 Å². The maximum atomic E-state index is 4.36. The van der Waals surface area contributed by atoms with Crippen LogP contribution in [0.5, 0.6) is 0 Å². The Balaban J connectivity index is 2.14. The molecule has 4 heteroatoms. The summed E-state index contributed by atoms with van der Waals surface area (Å²) in [5.74, 6) is 0. The Labute approximate surface area is 109 Å². The molecule has 0 bridgehead atoms. The van der Waals surface area contributed by atoms with Crippen LogP contribution in [-0.2, 0) is 0 Å². The van der Waals surface area contributed by atoms with Crippen molar-refractivity contribution in [1.29, 1.82) is 0 Å². The van der Waals surface area contributed by atoms with E-state index >= 15 is 0 Å². The molecule has 1 aromatic heterocycles. The Morgan fingerprint density at radius 1 is 1.12 bits per heavy atom. The second-order valence-electron chi connectivity index (χ2n) is 3.90. The van der Waals surface area contributed by atoms with Gasteiger partial charge >= 0.3 is 0 Å². The van der Waals surface area contributed by atoms with E-state index in [1.165, 1.54) is 0 Å². The summed E-state index contributed by atoms with van der Waals surface area (Å²) in [5, 5.41) is 3.40. The summed E-state index contributed by atoms with van der Waals surface area (Å²) in [6.07, 6.45) is 3.44. The molecule has 0 saturated carbocycles. The Morgan fingerprint density at radius 2 is 1.76 bits per heavy atom. The van der Waals surface area contributed by atoms with E-state index in [9.17, 15) is 0 Å². The lowest BCUT2D eigenvalue weighted by Gasteiger charge is -2.16. The van der Waals surface area contributed by atoms with Crippen LogP contribution in [0.2, 0.25) is 0 Å². The molecule has 1 atom stereocenters. The van der Waals surface area contributed by atoms with Gasteiger partial charge in [0.2, 0.25) is 0 Å². The minimum absolute atomic E-state index is 0.143. The molecule has 1 N–H and O–H groups in total. The van der Waals surface area contributed by atoms with Gasteiger partial charge in [-0.2, -0.15) is 0 Å². The van der Waals surface area contributed by atoms with Gasteiger partial charge in [-0.3, -0.25) is 9.97 Å². The minimum atomic E-state index is 0.143. The molecule has 1 aromatic carbocycles. The molecular weight excluding hydrogens is 278 g/mol. The van der Waals surface area contributed by atoms with Crippen LogP contribution in [-0.4, -0.2) is 9.97 Å². The predicted molar refractivity (Wildman–Crippen MR) is 72.9 cm³/mol. The van der Waals surface area contributed by atoms with E-state index in [4.69, 9.17) is 0 Å². The summed E-state index contributed by atoms with van der Waals surface area (Å²) in [5.41, 5.74) is 3.02. The lowest BCUT2D eigenvalue weighted by atomic mass is 10.2. The summed E-state index contributed by atoms with van der Waals surface area (Å²) >= 11 is 3.42. The molecule has 2 rings (SSSR count). The van der Waals surface area contributed by atoms with Crippen LogP contribution in [0.1, 0.15) is 24.4 Å². The molecule has 88 valence electrons. The minimum Gasteiger partial charge on any atom is -0.377 e. The molecule has 0 aliphatic heterocycles. The normalized spacial score (nSPS) is 12.2. The largest absolute Gasteiger partial charge is 0.377 e. The molecule has 0 fully saturated rings. The number of hydrogen-bond acceptors (Lipinski definition) is 3. The summed E-state index contributed by atoms with van der Waals surface area (Å²) in [6, 6.07) is 8.24. The van der Waals surface area contributed by atoms with E-state index in [1.807, 2.05) is 31.2 Å². The van der Waals surface area contributed by atoms with Crippen molar-refractivity contribution in [2.24, 2.45) is 0 Å². The summed E-state index contributed by atoms with van der Waals surface area (Å²) < 4.78 is 1.08. The Kier molecular flexibility index (Phi) is 3.74. The van der Waals surface area contributed by atoms with Gasteiger partial charge in [0.1, 0.15) is 0 Å². The van der Waals surface area contributed by atoms with Crippen molar-refractivity contribution < 1.29 is 0 Å². The number of hydrogen-bond donors (Lipinski definition) is 1. The zero-order valence-corrected chi connectivity index (χ0v) is 11.4. The average molecular weight is 292 g/mol. The van der Waals surface area contributed by atoms with E-state index < -0.39 is 0 Å².